The summed E-state index contributed by atoms with van der Waals surface area (Å²) in [7, 11) is 0. The zero-order valence-electron chi connectivity index (χ0n) is 14.9. The fraction of sp³-hybridized carbons (Fsp3) is 0.471. The van der Waals surface area contributed by atoms with Gasteiger partial charge in [0.2, 0.25) is 5.54 Å². The van der Waals surface area contributed by atoms with Gasteiger partial charge >= 0.3 is 11.9 Å². The van der Waals surface area contributed by atoms with Crippen molar-refractivity contribution in [3.63, 3.8) is 0 Å². The Bertz CT molecular complexity index is 745. The molecule has 1 heterocycles. The maximum Gasteiger partial charge on any atom is 0.344 e. The van der Waals surface area contributed by atoms with E-state index in [1.54, 1.807) is 0 Å². The number of likely N-dealkylation sites (tertiary alicyclic amines) is 1. The number of carbonyl (C=O) groups is 3. The molecule has 1 aliphatic rings. The van der Waals surface area contributed by atoms with Crippen LogP contribution < -0.4 is 0 Å². The summed E-state index contributed by atoms with van der Waals surface area (Å²) in [4.78, 5) is 49.4. The Morgan fingerprint density at radius 1 is 1.22 bits per heavy atom. The van der Waals surface area contributed by atoms with E-state index in [2.05, 4.69) is 0 Å². The third-order valence-corrected chi connectivity index (χ3v) is 4.25. The van der Waals surface area contributed by atoms with Crippen molar-refractivity contribution in [1.29, 1.82) is 0 Å². The number of aliphatic hydroxyl groups excluding tert-OH is 1. The SMILES string of the molecule is CCOC(=O)C1(C(=O)OCC)CCC(O)N1C(=O)c1ccccc1[N+](=O)[O-]. The molecule has 146 valence electrons. The van der Waals surface area contributed by atoms with Gasteiger partial charge in [0.1, 0.15) is 11.8 Å². The highest BCUT2D eigenvalue weighted by Crippen LogP contribution is 2.38. The number of benzene rings is 1. The maximum absolute atomic E-state index is 13.1. The minimum Gasteiger partial charge on any atom is -0.464 e. The molecule has 1 amide bonds. The number of nitro benzene ring substituents is 1. The third-order valence-electron chi connectivity index (χ3n) is 4.25. The van der Waals surface area contributed by atoms with E-state index in [9.17, 15) is 29.6 Å². The molecule has 10 heteroatoms. The van der Waals surface area contributed by atoms with E-state index in [1.165, 1.54) is 32.0 Å². The van der Waals surface area contributed by atoms with Crippen molar-refractivity contribution in [3.05, 3.63) is 39.9 Å². The van der Waals surface area contributed by atoms with E-state index >= 15 is 0 Å². The summed E-state index contributed by atoms with van der Waals surface area (Å²) in [5, 5.41) is 21.6. The van der Waals surface area contributed by atoms with Crippen LogP contribution in [0.5, 0.6) is 0 Å². The number of nitrogens with zero attached hydrogens (tertiary/aromatic N) is 2. The first kappa shape index (κ1) is 20.3. The molecule has 0 spiro atoms. The highest BCUT2D eigenvalue weighted by atomic mass is 16.6. The van der Waals surface area contributed by atoms with Crippen molar-refractivity contribution >= 4 is 23.5 Å². The van der Waals surface area contributed by atoms with Gasteiger partial charge in [-0.15, -0.1) is 0 Å². The largest absolute Gasteiger partial charge is 0.464 e. The molecule has 0 aromatic heterocycles. The summed E-state index contributed by atoms with van der Waals surface area (Å²) in [6.45, 7) is 2.92. The predicted molar refractivity (Wildman–Crippen MR) is 90.5 cm³/mol. The first-order valence-corrected chi connectivity index (χ1v) is 8.40. The van der Waals surface area contributed by atoms with E-state index < -0.39 is 40.2 Å². The molecule has 1 saturated heterocycles. The molecule has 1 fully saturated rings. The molecular weight excluding hydrogens is 360 g/mol. The number of nitro groups is 1. The van der Waals surface area contributed by atoms with Gasteiger partial charge in [-0.05, 0) is 32.8 Å². The van der Waals surface area contributed by atoms with Gasteiger partial charge in [0.05, 0.1) is 18.1 Å². The van der Waals surface area contributed by atoms with Crippen molar-refractivity contribution in [3.8, 4) is 0 Å². The van der Waals surface area contributed by atoms with Crippen molar-refractivity contribution in [2.45, 2.75) is 38.5 Å². The van der Waals surface area contributed by atoms with Gasteiger partial charge in [0.25, 0.3) is 11.6 Å². The molecule has 0 saturated carbocycles. The van der Waals surface area contributed by atoms with Crippen molar-refractivity contribution in [2.75, 3.05) is 13.2 Å². The number of ether oxygens (including phenoxy) is 2. The summed E-state index contributed by atoms with van der Waals surface area (Å²) in [5.41, 5.74) is -3.07. The lowest BCUT2D eigenvalue weighted by Crippen LogP contribution is -2.61. The summed E-state index contributed by atoms with van der Waals surface area (Å²) in [6, 6.07) is 5.08. The van der Waals surface area contributed by atoms with E-state index in [0.717, 1.165) is 6.07 Å². The molecule has 10 nitrogen and oxygen atoms in total. The summed E-state index contributed by atoms with van der Waals surface area (Å²) in [6.07, 6.45) is -1.83. The van der Waals surface area contributed by atoms with Crippen LogP contribution in [0.25, 0.3) is 0 Å². The zero-order valence-corrected chi connectivity index (χ0v) is 14.9. The van der Waals surface area contributed by atoms with Crippen LogP contribution >= 0.6 is 0 Å². The molecule has 1 N–H and O–H groups in total. The van der Waals surface area contributed by atoms with Gasteiger partial charge < -0.3 is 14.6 Å². The van der Waals surface area contributed by atoms with E-state index in [1.807, 2.05) is 0 Å². The van der Waals surface area contributed by atoms with Crippen LogP contribution in [0.15, 0.2) is 24.3 Å². The number of carbonyl (C=O) groups excluding carboxylic acids is 3. The second-order valence-electron chi connectivity index (χ2n) is 5.77. The predicted octanol–water partition coefficient (Wildman–Crippen LogP) is 1.01. The minimum absolute atomic E-state index is 0.0659. The molecule has 0 bridgehead atoms. The highest BCUT2D eigenvalue weighted by molar-refractivity contribution is 6.11. The smallest absolute Gasteiger partial charge is 0.344 e. The van der Waals surface area contributed by atoms with Crippen LogP contribution in [-0.4, -0.2) is 57.8 Å². The van der Waals surface area contributed by atoms with Crippen LogP contribution in [0.2, 0.25) is 0 Å². The lowest BCUT2D eigenvalue weighted by Gasteiger charge is -2.35. The van der Waals surface area contributed by atoms with E-state index in [4.69, 9.17) is 9.47 Å². The first-order chi connectivity index (χ1) is 12.8. The van der Waals surface area contributed by atoms with Crippen LogP contribution in [-0.2, 0) is 19.1 Å². The van der Waals surface area contributed by atoms with Gasteiger partial charge in [0, 0.05) is 6.07 Å². The number of rotatable bonds is 6. The normalized spacial score (nSPS) is 18.0. The van der Waals surface area contributed by atoms with Gasteiger partial charge in [0.15, 0.2) is 0 Å². The van der Waals surface area contributed by atoms with Crippen molar-refractivity contribution < 1.29 is 33.9 Å². The summed E-state index contributed by atoms with van der Waals surface area (Å²) >= 11 is 0. The molecule has 1 aromatic carbocycles. The quantitative estimate of drug-likeness (QED) is 0.334. The fourth-order valence-corrected chi connectivity index (χ4v) is 3.08. The van der Waals surface area contributed by atoms with Crippen LogP contribution in [0.4, 0.5) is 5.69 Å². The first-order valence-electron chi connectivity index (χ1n) is 8.40. The van der Waals surface area contributed by atoms with E-state index in [-0.39, 0.29) is 31.6 Å². The Balaban J connectivity index is 2.59. The van der Waals surface area contributed by atoms with Gasteiger partial charge in [-0.1, -0.05) is 12.1 Å². The molecule has 1 aromatic rings. The Hall–Kier alpha value is -3.01. The Kier molecular flexibility index (Phi) is 6.11. The number of aliphatic hydroxyl groups is 1. The zero-order chi connectivity index (χ0) is 20.2. The summed E-state index contributed by atoms with van der Waals surface area (Å²) < 4.78 is 9.92. The topological polar surface area (TPSA) is 136 Å². The van der Waals surface area contributed by atoms with E-state index in [0.29, 0.717) is 4.90 Å². The van der Waals surface area contributed by atoms with Crippen LogP contribution in [0, 0.1) is 10.1 Å². The fourth-order valence-electron chi connectivity index (χ4n) is 3.08. The Labute approximate surface area is 154 Å². The van der Waals surface area contributed by atoms with Crippen LogP contribution in [0.3, 0.4) is 0 Å². The molecular formula is C17H20N2O8. The second kappa shape index (κ2) is 8.12. The van der Waals surface area contributed by atoms with Crippen LogP contribution in [0.1, 0.15) is 37.0 Å². The molecule has 0 radical (unpaired) electrons. The van der Waals surface area contributed by atoms with Gasteiger partial charge in [-0.25, -0.2) is 9.59 Å². The Morgan fingerprint density at radius 2 is 1.78 bits per heavy atom. The molecule has 1 atom stereocenters. The molecule has 1 unspecified atom stereocenters. The average molecular weight is 380 g/mol. The summed E-state index contributed by atoms with van der Waals surface area (Å²) in [5.74, 6) is -3.13. The monoisotopic (exact) mass is 380 g/mol. The number of hydrogen-bond donors (Lipinski definition) is 1. The lowest BCUT2D eigenvalue weighted by molar-refractivity contribution is -0.385. The lowest BCUT2D eigenvalue weighted by atomic mass is 9.95. The van der Waals surface area contributed by atoms with Crippen molar-refractivity contribution in [1.82, 2.24) is 4.90 Å². The standard InChI is InChI=1S/C17H20N2O8/c1-3-26-15(22)17(16(23)27-4-2)10-9-13(20)18(17)14(21)11-7-5-6-8-12(11)19(24)25/h5-8,13,20H,3-4,9-10H2,1-2H3. The number of amides is 1. The van der Waals surface area contributed by atoms with Gasteiger partial charge in [-0.2, -0.15) is 0 Å². The number of para-hydroxylation sites is 1. The minimum atomic E-state index is -2.20. The Morgan fingerprint density at radius 3 is 2.30 bits per heavy atom. The third kappa shape index (κ3) is 3.47. The molecule has 2 rings (SSSR count). The molecule has 1 aliphatic heterocycles. The average Bonchev–Trinajstić information content (AvgIpc) is 3.00. The van der Waals surface area contributed by atoms with Crippen molar-refractivity contribution in [2.24, 2.45) is 0 Å². The highest BCUT2D eigenvalue weighted by Gasteiger charge is 2.62. The van der Waals surface area contributed by atoms with Gasteiger partial charge in [-0.3, -0.25) is 19.8 Å². The molecule has 27 heavy (non-hydrogen) atoms. The molecule has 0 aliphatic carbocycles. The number of hydrogen-bond acceptors (Lipinski definition) is 8. The second-order valence-corrected chi connectivity index (χ2v) is 5.77. The maximum atomic E-state index is 13.1. The number of esters is 2.